The number of nitrogens with zero attached hydrogens (tertiary/aromatic N) is 2. The third kappa shape index (κ3) is 3.20. The second-order valence-electron chi connectivity index (χ2n) is 4.86. The highest BCUT2D eigenvalue weighted by Crippen LogP contribution is 2.21. The molecular weight excluding hydrogens is 294 g/mol. The molecule has 0 radical (unpaired) electrons. The monoisotopic (exact) mass is 309 g/mol. The van der Waals surface area contributed by atoms with Gasteiger partial charge in [-0.25, -0.2) is 4.98 Å². The Balaban J connectivity index is 1.72. The Labute approximate surface area is 132 Å². The fraction of sp³-hybridized carbons (Fsp3) is 0.118. The highest BCUT2D eigenvalue weighted by Gasteiger charge is 2.15. The molecule has 1 N–H and O–H groups in total. The van der Waals surface area contributed by atoms with Gasteiger partial charge in [0.2, 0.25) is 0 Å². The van der Waals surface area contributed by atoms with Crippen LogP contribution in [0, 0.1) is 0 Å². The molecule has 5 heteroatoms. The van der Waals surface area contributed by atoms with Crippen molar-refractivity contribution in [3.8, 4) is 10.7 Å². The van der Waals surface area contributed by atoms with Gasteiger partial charge in [0.1, 0.15) is 10.7 Å². The summed E-state index contributed by atoms with van der Waals surface area (Å²) in [5.74, 6) is -0.171. The molecule has 0 fully saturated rings. The Bertz CT molecular complexity index is 756. The van der Waals surface area contributed by atoms with E-state index in [1.807, 2.05) is 55.5 Å². The van der Waals surface area contributed by atoms with Crippen LogP contribution >= 0.6 is 11.3 Å². The van der Waals surface area contributed by atoms with Gasteiger partial charge in [0.05, 0.1) is 11.7 Å². The van der Waals surface area contributed by atoms with Gasteiger partial charge in [-0.15, -0.1) is 11.3 Å². The predicted octanol–water partition coefficient (Wildman–Crippen LogP) is 3.70. The van der Waals surface area contributed by atoms with Crippen LogP contribution in [-0.4, -0.2) is 15.9 Å². The first-order chi connectivity index (χ1) is 10.7. The number of amides is 1. The molecular formula is C17H15N3OS. The summed E-state index contributed by atoms with van der Waals surface area (Å²) in [6.45, 7) is 1.96. The molecule has 3 aromatic rings. The number of aromatic nitrogens is 2. The largest absolute Gasteiger partial charge is 0.344 e. The fourth-order valence-electron chi connectivity index (χ4n) is 2.08. The van der Waals surface area contributed by atoms with Crippen LogP contribution in [0.1, 0.15) is 29.0 Å². The first-order valence-electron chi connectivity index (χ1n) is 6.97. The minimum absolute atomic E-state index is 0.0614. The first-order valence-corrected chi connectivity index (χ1v) is 7.85. The van der Waals surface area contributed by atoms with Gasteiger partial charge in [0.25, 0.3) is 5.91 Å². The van der Waals surface area contributed by atoms with Crippen LogP contribution < -0.4 is 5.32 Å². The van der Waals surface area contributed by atoms with Crippen LogP contribution in [0.5, 0.6) is 0 Å². The summed E-state index contributed by atoms with van der Waals surface area (Å²) in [5, 5.41) is 5.47. The van der Waals surface area contributed by atoms with Crippen molar-refractivity contribution in [1.82, 2.24) is 15.3 Å². The molecule has 0 spiro atoms. The zero-order valence-corrected chi connectivity index (χ0v) is 12.9. The Morgan fingerprint density at radius 3 is 2.64 bits per heavy atom. The molecule has 4 nitrogen and oxygen atoms in total. The summed E-state index contributed by atoms with van der Waals surface area (Å²) >= 11 is 1.42. The van der Waals surface area contributed by atoms with E-state index >= 15 is 0 Å². The van der Waals surface area contributed by atoms with Crippen molar-refractivity contribution in [3.05, 3.63) is 71.4 Å². The average molecular weight is 309 g/mol. The van der Waals surface area contributed by atoms with Gasteiger partial charge >= 0.3 is 0 Å². The zero-order chi connectivity index (χ0) is 15.4. The number of thiazole rings is 1. The van der Waals surface area contributed by atoms with Crippen LogP contribution in [0.15, 0.2) is 60.1 Å². The lowest BCUT2D eigenvalue weighted by atomic mass is 10.1. The van der Waals surface area contributed by atoms with E-state index in [-0.39, 0.29) is 11.9 Å². The molecule has 3 rings (SSSR count). The molecule has 0 saturated heterocycles. The Hall–Kier alpha value is -2.53. The number of benzene rings is 1. The minimum Gasteiger partial charge on any atom is -0.344 e. The van der Waals surface area contributed by atoms with Gasteiger partial charge < -0.3 is 5.32 Å². The van der Waals surface area contributed by atoms with E-state index in [0.717, 1.165) is 16.3 Å². The molecule has 2 heterocycles. The number of rotatable bonds is 4. The molecule has 1 atom stereocenters. The van der Waals surface area contributed by atoms with Gasteiger partial charge in [-0.1, -0.05) is 36.4 Å². The SMILES string of the molecule is CC(NC(=O)c1csc(-c2ccccn2)n1)c1ccccc1. The van der Waals surface area contributed by atoms with Gasteiger partial charge in [-0.05, 0) is 24.6 Å². The highest BCUT2D eigenvalue weighted by atomic mass is 32.1. The smallest absolute Gasteiger partial charge is 0.271 e. The lowest BCUT2D eigenvalue weighted by molar-refractivity contribution is 0.0935. The lowest BCUT2D eigenvalue weighted by Crippen LogP contribution is -2.26. The van der Waals surface area contributed by atoms with E-state index in [4.69, 9.17) is 0 Å². The summed E-state index contributed by atoms with van der Waals surface area (Å²) in [6.07, 6.45) is 1.72. The van der Waals surface area contributed by atoms with Gasteiger partial charge in [-0.3, -0.25) is 9.78 Å². The minimum atomic E-state index is -0.171. The van der Waals surface area contributed by atoms with Gasteiger partial charge in [0, 0.05) is 11.6 Å². The molecule has 0 aliphatic rings. The van der Waals surface area contributed by atoms with Crippen molar-refractivity contribution in [2.45, 2.75) is 13.0 Å². The third-order valence-corrected chi connectivity index (χ3v) is 4.13. The molecule has 0 bridgehead atoms. The predicted molar refractivity (Wildman–Crippen MR) is 87.7 cm³/mol. The van der Waals surface area contributed by atoms with Crippen LogP contribution in [0.25, 0.3) is 10.7 Å². The van der Waals surface area contributed by atoms with Gasteiger partial charge in [0.15, 0.2) is 0 Å². The standard InChI is InChI=1S/C17H15N3OS/c1-12(13-7-3-2-4-8-13)19-16(21)15-11-22-17(20-15)14-9-5-6-10-18-14/h2-12H,1H3,(H,19,21). The lowest BCUT2D eigenvalue weighted by Gasteiger charge is -2.13. The zero-order valence-electron chi connectivity index (χ0n) is 12.1. The molecule has 0 aliphatic heterocycles. The van der Waals surface area contributed by atoms with E-state index in [0.29, 0.717) is 5.69 Å². The molecule has 22 heavy (non-hydrogen) atoms. The van der Waals surface area contributed by atoms with E-state index in [1.54, 1.807) is 11.6 Å². The molecule has 2 aromatic heterocycles. The maximum atomic E-state index is 12.3. The van der Waals surface area contributed by atoms with Crippen LogP contribution in [0.4, 0.5) is 0 Å². The quantitative estimate of drug-likeness (QED) is 0.799. The average Bonchev–Trinajstić information content (AvgIpc) is 3.06. The molecule has 110 valence electrons. The fourth-order valence-corrected chi connectivity index (χ4v) is 2.86. The number of carbonyl (C=O) groups excluding carboxylic acids is 1. The molecule has 1 unspecified atom stereocenters. The van der Waals surface area contributed by atoms with Crippen LogP contribution in [0.2, 0.25) is 0 Å². The van der Waals surface area contributed by atoms with E-state index < -0.39 is 0 Å². The summed E-state index contributed by atoms with van der Waals surface area (Å²) in [5.41, 5.74) is 2.27. The van der Waals surface area contributed by atoms with Crippen molar-refractivity contribution in [1.29, 1.82) is 0 Å². The van der Waals surface area contributed by atoms with E-state index in [2.05, 4.69) is 15.3 Å². The Morgan fingerprint density at radius 1 is 1.14 bits per heavy atom. The van der Waals surface area contributed by atoms with Crippen LogP contribution in [-0.2, 0) is 0 Å². The molecule has 0 saturated carbocycles. The molecule has 0 aliphatic carbocycles. The van der Waals surface area contributed by atoms with Crippen molar-refractivity contribution in [2.75, 3.05) is 0 Å². The number of carbonyl (C=O) groups is 1. The number of nitrogens with one attached hydrogen (secondary N) is 1. The summed E-state index contributed by atoms with van der Waals surface area (Å²) < 4.78 is 0. The van der Waals surface area contributed by atoms with Crippen molar-refractivity contribution < 1.29 is 4.79 Å². The van der Waals surface area contributed by atoms with E-state index in [1.165, 1.54) is 11.3 Å². The Morgan fingerprint density at radius 2 is 1.91 bits per heavy atom. The van der Waals surface area contributed by atoms with Crippen molar-refractivity contribution >= 4 is 17.2 Å². The van der Waals surface area contributed by atoms with Gasteiger partial charge in [-0.2, -0.15) is 0 Å². The molecule has 1 aromatic carbocycles. The highest BCUT2D eigenvalue weighted by molar-refractivity contribution is 7.13. The van der Waals surface area contributed by atoms with Crippen molar-refractivity contribution in [3.63, 3.8) is 0 Å². The number of hydrogen-bond donors (Lipinski definition) is 1. The first kappa shape index (κ1) is 14.4. The Kier molecular flexibility index (Phi) is 4.25. The molecule has 1 amide bonds. The summed E-state index contributed by atoms with van der Waals surface area (Å²) in [6, 6.07) is 15.4. The summed E-state index contributed by atoms with van der Waals surface area (Å²) in [4.78, 5) is 20.9. The maximum Gasteiger partial charge on any atom is 0.271 e. The summed E-state index contributed by atoms with van der Waals surface area (Å²) in [7, 11) is 0. The topological polar surface area (TPSA) is 54.9 Å². The number of pyridine rings is 1. The van der Waals surface area contributed by atoms with Crippen LogP contribution in [0.3, 0.4) is 0 Å². The van der Waals surface area contributed by atoms with E-state index in [9.17, 15) is 4.79 Å². The third-order valence-electron chi connectivity index (χ3n) is 3.27. The second-order valence-corrected chi connectivity index (χ2v) is 5.72. The maximum absolute atomic E-state index is 12.3. The second kappa shape index (κ2) is 6.49. The number of hydrogen-bond acceptors (Lipinski definition) is 4. The van der Waals surface area contributed by atoms with Crippen molar-refractivity contribution in [2.24, 2.45) is 0 Å². The normalized spacial score (nSPS) is 11.9.